The predicted molar refractivity (Wildman–Crippen MR) is 175 cm³/mol. The third-order valence-corrected chi connectivity index (χ3v) is 7.76. The van der Waals surface area contributed by atoms with Gasteiger partial charge in [0.2, 0.25) is 5.91 Å². The molecule has 3 unspecified atom stereocenters. The van der Waals surface area contributed by atoms with Gasteiger partial charge >= 0.3 is 17.9 Å². The summed E-state index contributed by atoms with van der Waals surface area (Å²) >= 11 is 0. The highest BCUT2D eigenvalue weighted by atomic mass is 16.5. The van der Waals surface area contributed by atoms with Gasteiger partial charge in [-0.15, -0.1) is 0 Å². The fourth-order valence-corrected chi connectivity index (χ4v) is 5.07. The van der Waals surface area contributed by atoms with Gasteiger partial charge in [0.15, 0.2) is 5.60 Å². The van der Waals surface area contributed by atoms with Crippen LogP contribution in [0.4, 0.5) is 0 Å². The topological polar surface area (TPSA) is 188 Å². The SMILES string of the molecule is CCCCCCC(=O)CCCCCC/C=C/C(C(=O)NC(Cc1ccc(Oc2ccccc2)cc1)C(=O)O)C(O)(CC(=O)O)C(=O)O. The van der Waals surface area contributed by atoms with Crippen molar-refractivity contribution in [2.75, 3.05) is 0 Å². The lowest BCUT2D eigenvalue weighted by Gasteiger charge is -2.29. The molecule has 0 aliphatic heterocycles. The number of hydrogen-bond donors (Lipinski definition) is 5. The van der Waals surface area contributed by atoms with Crippen LogP contribution in [0.25, 0.3) is 0 Å². The van der Waals surface area contributed by atoms with Crippen LogP contribution in [-0.2, 0) is 30.4 Å². The van der Waals surface area contributed by atoms with Crippen molar-refractivity contribution < 1.29 is 49.1 Å². The summed E-state index contributed by atoms with van der Waals surface area (Å²) in [5.74, 6) is -6.61. The number of Topliss-reactive ketones (excluding diaryl/α,β-unsaturated/α-hetero) is 1. The highest BCUT2D eigenvalue weighted by Gasteiger charge is 2.49. The maximum absolute atomic E-state index is 13.3. The molecule has 47 heavy (non-hydrogen) atoms. The Bertz CT molecular complexity index is 1330. The normalized spacial score (nSPS) is 13.7. The minimum absolute atomic E-state index is 0.172. The summed E-state index contributed by atoms with van der Waals surface area (Å²) in [6.45, 7) is 2.12. The van der Waals surface area contributed by atoms with Gasteiger partial charge in [0.1, 0.15) is 23.3 Å². The molecule has 2 rings (SSSR count). The minimum Gasteiger partial charge on any atom is -0.481 e. The summed E-state index contributed by atoms with van der Waals surface area (Å²) in [5, 5.41) is 42.1. The van der Waals surface area contributed by atoms with Crippen LogP contribution in [0.3, 0.4) is 0 Å². The van der Waals surface area contributed by atoms with E-state index in [0.717, 1.165) is 51.0 Å². The molecule has 0 saturated heterocycles. The maximum Gasteiger partial charge on any atom is 0.337 e. The van der Waals surface area contributed by atoms with Crippen molar-refractivity contribution >= 4 is 29.6 Å². The first-order valence-electron chi connectivity index (χ1n) is 16.2. The number of carboxylic acids is 3. The molecule has 256 valence electrons. The number of ether oxygens (including phenoxy) is 1. The molecule has 11 heteroatoms. The van der Waals surface area contributed by atoms with Crippen molar-refractivity contribution in [2.24, 2.45) is 5.92 Å². The average molecular weight is 654 g/mol. The molecule has 0 radical (unpaired) electrons. The van der Waals surface area contributed by atoms with E-state index in [1.807, 2.05) is 18.2 Å². The summed E-state index contributed by atoms with van der Waals surface area (Å²) in [7, 11) is 0. The van der Waals surface area contributed by atoms with Gasteiger partial charge in [-0.25, -0.2) is 9.59 Å². The van der Waals surface area contributed by atoms with Gasteiger partial charge in [0.25, 0.3) is 0 Å². The highest BCUT2D eigenvalue weighted by molar-refractivity contribution is 5.94. The second-order valence-corrected chi connectivity index (χ2v) is 11.7. The van der Waals surface area contributed by atoms with E-state index < -0.39 is 47.8 Å². The van der Waals surface area contributed by atoms with E-state index in [2.05, 4.69) is 12.2 Å². The molecule has 0 aromatic heterocycles. The molecule has 5 N–H and O–H groups in total. The Kier molecular flexibility index (Phi) is 16.9. The van der Waals surface area contributed by atoms with Crippen LogP contribution in [0.5, 0.6) is 11.5 Å². The molecule has 0 heterocycles. The number of hydrogen-bond acceptors (Lipinski definition) is 7. The number of amides is 1. The van der Waals surface area contributed by atoms with Gasteiger partial charge in [-0.1, -0.05) is 81.5 Å². The van der Waals surface area contributed by atoms with Crippen LogP contribution in [0.1, 0.15) is 89.5 Å². The molecule has 0 aliphatic carbocycles. The van der Waals surface area contributed by atoms with E-state index in [-0.39, 0.29) is 12.2 Å². The quantitative estimate of drug-likeness (QED) is 0.0671. The molecule has 1 amide bonds. The molecule has 0 aliphatic rings. The van der Waals surface area contributed by atoms with Crippen molar-refractivity contribution in [3.8, 4) is 11.5 Å². The van der Waals surface area contributed by atoms with Crippen LogP contribution in [0, 0.1) is 5.92 Å². The van der Waals surface area contributed by atoms with E-state index >= 15 is 0 Å². The molecule has 2 aromatic rings. The van der Waals surface area contributed by atoms with Crippen molar-refractivity contribution in [3.63, 3.8) is 0 Å². The van der Waals surface area contributed by atoms with Crippen molar-refractivity contribution in [3.05, 3.63) is 72.3 Å². The Labute approximate surface area is 275 Å². The first-order chi connectivity index (χ1) is 22.5. The number of carbonyl (C=O) groups excluding carboxylic acids is 2. The third kappa shape index (κ3) is 14.2. The van der Waals surface area contributed by atoms with Gasteiger partial charge in [-0.05, 0) is 55.5 Å². The van der Waals surface area contributed by atoms with Gasteiger partial charge in [0, 0.05) is 19.3 Å². The van der Waals surface area contributed by atoms with Gasteiger partial charge in [-0.2, -0.15) is 0 Å². The smallest absolute Gasteiger partial charge is 0.337 e. The van der Waals surface area contributed by atoms with Crippen molar-refractivity contribution in [2.45, 2.75) is 102 Å². The van der Waals surface area contributed by atoms with Crippen molar-refractivity contribution in [1.29, 1.82) is 0 Å². The maximum atomic E-state index is 13.3. The number of carbonyl (C=O) groups is 5. The van der Waals surface area contributed by atoms with Crippen molar-refractivity contribution in [1.82, 2.24) is 5.32 Å². The molecule has 0 spiro atoms. The largest absolute Gasteiger partial charge is 0.481 e. The van der Waals surface area contributed by atoms with Crippen LogP contribution in [-0.4, -0.2) is 61.7 Å². The number of allylic oxidation sites excluding steroid dienone is 1. The number of aliphatic hydroxyl groups is 1. The van der Waals surface area contributed by atoms with E-state index in [0.29, 0.717) is 42.7 Å². The number of nitrogens with one attached hydrogen (secondary N) is 1. The standard InChI is InChI=1S/C36H47NO10/c1-2-3-4-10-15-27(38)16-11-7-5-6-8-14-19-30(36(46,35(44)45)25-32(39)40)33(41)37-31(34(42)43)24-26-20-22-29(23-21-26)47-28-17-12-9-13-18-28/h9,12-14,17-23,30-31,46H,2-8,10-11,15-16,24-25H2,1H3,(H,37,41)(H,39,40)(H,42,43)(H,44,45)/b19-14+. The fraction of sp³-hybridized carbons (Fsp3) is 0.472. The second kappa shape index (κ2) is 20.6. The molecular formula is C36H47NO10. The summed E-state index contributed by atoms with van der Waals surface area (Å²) in [6.07, 6.45) is 9.93. The number of carboxylic acid groups (broad SMARTS) is 3. The average Bonchev–Trinajstić information content (AvgIpc) is 3.02. The molecule has 11 nitrogen and oxygen atoms in total. The Morgan fingerprint density at radius 1 is 0.809 bits per heavy atom. The van der Waals surface area contributed by atoms with Crippen LogP contribution < -0.4 is 10.1 Å². The lowest BCUT2D eigenvalue weighted by atomic mass is 9.82. The Balaban J connectivity index is 2.02. The summed E-state index contributed by atoms with van der Waals surface area (Å²) < 4.78 is 5.74. The van der Waals surface area contributed by atoms with Gasteiger partial charge < -0.3 is 30.5 Å². The van der Waals surface area contributed by atoms with Crippen LogP contribution in [0.2, 0.25) is 0 Å². The fourth-order valence-electron chi connectivity index (χ4n) is 5.07. The molecular weight excluding hydrogens is 606 g/mol. The number of rotatable bonds is 24. The summed E-state index contributed by atoms with van der Waals surface area (Å²) in [6, 6.07) is 14.1. The first kappa shape index (κ1) is 38.7. The number of para-hydroxylation sites is 1. The summed E-state index contributed by atoms with van der Waals surface area (Å²) in [4.78, 5) is 60.9. The Morgan fingerprint density at radius 2 is 1.40 bits per heavy atom. The Hall–Kier alpha value is -4.51. The van der Waals surface area contributed by atoms with E-state index in [1.165, 1.54) is 6.08 Å². The Morgan fingerprint density at radius 3 is 1.98 bits per heavy atom. The number of aliphatic carboxylic acids is 3. The highest BCUT2D eigenvalue weighted by Crippen LogP contribution is 2.26. The number of ketones is 1. The monoisotopic (exact) mass is 653 g/mol. The number of benzene rings is 2. The number of unbranched alkanes of at least 4 members (excludes halogenated alkanes) is 7. The van der Waals surface area contributed by atoms with Crippen LogP contribution >= 0.6 is 0 Å². The molecule has 2 aromatic carbocycles. The van der Waals surface area contributed by atoms with Gasteiger partial charge in [0.05, 0.1) is 12.3 Å². The third-order valence-electron chi connectivity index (χ3n) is 7.76. The zero-order valence-electron chi connectivity index (χ0n) is 26.9. The van der Waals surface area contributed by atoms with E-state index in [1.54, 1.807) is 36.4 Å². The lowest BCUT2D eigenvalue weighted by Crippen LogP contribution is -2.55. The van der Waals surface area contributed by atoms with E-state index in [9.17, 15) is 44.4 Å². The minimum atomic E-state index is -3.02. The first-order valence-corrected chi connectivity index (χ1v) is 16.2. The van der Waals surface area contributed by atoms with Crippen LogP contribution in [0.15, 0.2) is 66.7 Å². The zero-order valence-corrected chi connectivity index (χ0v) is 26.9. The van der Waals surface area contributed by atoms with Gasteiger partial charge in [-0.3, -0.25) is 14.4 Å². The molecule has 0 bridgehead atoms. The molecule has 0 saturated carbocycles. The predicted octanol–water partition coefficient (Wildman–Crippen LogP) is 5.93. The summed E-state index contributed by atoms with van der Waals surface area (Å²) in [5.41, 5.74) is -2.49. The molecule has 0 fully saturated rings. The second-order valence-electron chi connectivity index (χ2n) is 11.7. The lowest BCUT2D eigenvalue weighted by molar-refractivity contribution is -0.172. The molecule has 3 atom stereocenters. The zero-order chi connectivity index (χ0) is 34.7. The van der Waals surface area contributed by atoms with E-state index in [4.69, 9.17) is 4.74 Å².